The number of nitrogens with one attached hydrogen (secondary N) is 1. The summed E-state index contributed by atoms with van der Waals surface area (Å²) < 4.78 is 15.0. The fraction of sp³-hybridized carbons (Fsp3) is 0.625. The van der Waals surface area contributed by atoms with Crippen molar-refractivity contribution in [2.24, 2.45) is 11.8 Å². The van der Waals surface area contributed by atoms with Crippen LogP contribution >= 0.6 is 15.9 Å². The van der Waals surface area contributed by atoms with Gasteiger partial charge in [0.05, 0.1) is 0 Å². The molecule has 3 atom stereocenters. The molecule has 3 rings (SSSR count). The molecule has 2 nitrogen and oxygen atoms in total. The first kappa shape index (κ1) is 14.5. The van der Waals surface area contributed by atoms with Gasteiger partial charge < -0.3 is 5.32 Å². The first-order chi connectivity index (χ1) is 9.41. The minimum atomic E-state index is -0.113. The lowest BCUT2D eigenvalue weighted by atomic mass is 9.84. The third-order valence-electron chi connectivity index (χ3n) is 5.30. The standard InChI is InChI=1S/C16H22BrFN2/c1-10(13-5-4-12(17)6-15(13)18)20-9-11-7-19-8-14(11)16(20,2)3/h4-6,10-11,14,19H,7-9H2,1-3H3. The Bertz CT molecular complexity index is 517. The van der Waals surface area contributed by atoms with Gasteiger partial charge in [-0.1, -0.05) is 22.0 Å². The summed E-state index contributed by atoms with van der Waals surface area (Å²) in [5, 5.41) is 3.49. The maximum Gasteiger partial charge on any atom is 0.129 e. The van der Waals surface area contributed by atoms with Gasteiger partial charge in [0.15, 0.2) is 0 Å². The van der Waals surface area contributed by atoms with Gasteiger partial charge in [0.25, 0.3) is 0 Å². The molecule has 110 valence electrons. The van der Waals surface area contributed by atoms with Gasteiger partial charge in [-0.15, -0.1) is 0 Å². The number of benzene rings is 1. The third kappa shape index (κ3) is 2.22. The van der Waals surface area contributed by atoms with Crippen LogP contribution in [0.5, 0.6) is 0 Å². The van der Waals surface area contributed by atoms with E-state index in [9.17, 15) is 4.39 Å². The van der Waals surface area contributed by atoms with Gasteiger partial charge in [-0.25, -0.2) is 4.39 Å². The molecule has 3 unspecified atom stereocenters. The van der Waals surface area contributed by atoms with E-state index in [1.54, 1.807) is 6.07 Å². The van der Waals surface area contributed by atoms with Crippen LogP contribution in [0.4, 0.5) is 4.39 Å². The Morgan fingerprint density at radius 1 is 1.40 bits per heavy atom. The highest BCUT2D eigenvalue weighted by Crippen LogP contribution is 2.45. The zero-order valence-electron chi connectivity index (χ0n) is 12.3. The Labute approximate surface area is 128 Å². The Morgan fingerprint density at radius 3 is 2.80 bits per heavy atom. The van der Waals surface area contributed by atoms with Crippen LogP contribution in [0, 0.1) is 17.7 Å². The molecule has 4 heteroatoms. The van der Waals surface area contributed by atoms with Gasteiger partial charge in [-0.3, -0.25) is 4.90 Å². The van der Waals surface area contributed by atoms with Crippen molar-refractivity contribution in [3.05, 3.63) is 34.1 Å². The molecule has 2 aliphatic heterocycles. The topological polar surface area (TPSA) is 15.3 Å². The van der Waals surface area contributed by atoms with E-state index in [-0.39, 0.29) is 17.4 Å². The Balaban J connectivity index is 1.89. The molecule has 1 N–H and O–H groups in total. The average molecular weight is 341 g/mol. The molecule has 2 heterocycles. The van der Waals surface area contributed by atoms with Gasteiger partial charge in [0.1, 0.15) is 5.82 Å². The lowest BCUT2D eigenvalue weighted by Gasteiger charge is -2.40. The van der Waals surface area contributed by atoms with Crippen LogP contribution < -0.4 is 5.32 Å². The summed E-state index contributed by atoms with van der Waals surface area (Å²) in [4.78, 5) is 2.48. The molecular formula is C16H22BrFN2. The highest BCUT2D eigenvalue weighted by Gasteiger charge is 2.51. The van der Waals surface area contributed by atoms with E-state index in [0.29, 0.717) is 11.8 Å². The number of fused-ring (bicyclic) bond motifs is 1. The molecule has 0 spiro atoms. The van der Waals surface area contributed by atoms with E-state index in [0.717, 1.165) is 29.7 Å². The van der Waals surface area contributed by atoms with Gasteiger partial charge >= 0.3 is 0 Å². The fourth-order valence-electron chi connectivity index (χ4n) is 4.12. The van der Waals surface area contributed by atoms with Crippen molar-refractivity contribution in [1.29, 1.82) is 0 Å². The summed E-state index contributed by atoms with van der Waals surface area (Å²) >= 11 is 3.33. The summed E-state index contributed by atoms with van der Waals surface area (Å²) in [6.45, 7) is 9.98. The zero-order valence-corrected chi connectivity index (χ0v) is 13.9. The van der Waals surface area contributed by atoms with Gasteiger partial charge in [-0.05, 0) is 51.3 Å². The van der Waals surface area contributed by atoms with E-state index >= 15 is 0 Å². The molecule has 0 amide bonds. The molecule has 2 fully saturated rings. The zero-order chi connectivity index (χ0) is 14.5. The molecule has 20 heavy (non-hydrogen) atoms. The van der Waals surface area contributed by atoms with Crippen LogP contribution in [0.1, 0.15) is 32.4 Å². The largest absolute Gasteiger partial charge is 0.316 e. The molecule has 1 aromatic carbocycles. The van der Waals surface area contributed by atoms with Gasteiger partial charge in [0.2, 0.25) is 0 Å². The predicted molar refractivity (Wildman–Crippen MR) is 83.1 cm³/mol. The minimum absolute atomic E-state index is 0.113. The highest BCUT2D eigenvalue weighted by molar-refractivity contribution is 9.10. The quantitative estimate of drug-likeness (QED) is 0.885. The highest BCUT2D eigenvalue weighted by atomic mass is 79.9. The molecule has 0 radical (unpaired) electrons. The van der Waals surface area contributed by atoms with Crippen molar-refractivity contribution in [3.63, 3.8) is 0 Å². The van der Waals surface area contributed by atoms with Crippen molar-refractivity contribution in [3.8, 4) is 0 Å². The van der Waals surface area contributed by atoms with Crippen LogP contribution in [0.2, 0.25) is 0 Å². The molecule has 2 saturated heterocycles. The first-order valence-corrected chi connectivity index (χ1v) is 8.13. The summed E-state index contributed by atoms with van der Waals surface area (Å²) in [6.07, 6.45) is 0. The number of hydrogen-bond acceptors (Lipinski definition) is 2. The molecule has 1 aromatic rings. The Morgan fingerprint density at radius 2 is 2.15 bits per heavy atom. The maximum atomic E-state index is 14.2. The summed E-state index contributed by atoms with van der Waals surface area (Å²) in [5.74, 6) is 1.26. The lowest BCUT2D eigenvalue weighted by Crippen LogP contribution is -2.45. The number of hydrogen-bond donors (Lipinski definition) is 1. The van der Waals surface area contributed by atoms with Gasteiger partial charge in [0, 0.05) is 34.7 Å². The van der Waals surface area contributed by atoms with Crippen LogP contribution in [0.3, 0.4) is 0 Å². The van der Waals surface area contributed by atoms with E-state index in [1.165, 1.54) is 0 Å². The van der Waals surface area contributed by atoms with Crippen molar-refractivity contribution in [1.82, 2.24) is 10.2 Å². The summed E-state index contributed by atoms with van der Waals surface area (Å²) in [6, 6.07) is 5.52. The molecule has 0 bridgehead atoms. The molecular weight excluding hydrogens is 319 g/mol. The van der Waals surface area contributed by atoms with Crippen LogP contribution in [-0.2, 0) is 0 Å². The van der Waals surface area contributed by atoms with E-state index in [4.69, 9.17) is 0 Å². The van der Waals surface area contributed by atoms with Crippen LogP contribution in [-0.4, -0.2) is 30.1 Å². The van der Waals surface area contributed by atoms with Crippen LogP contribution in [0.25, 0.3) is 0 Å². The molecule has 0 aromatic heterocycles. The average Bonchev–Trinajstić information content (AvgIpc) is 2.91. The normalized spacial score (nSPS) is 30.4. The number of nitrogens with zero attached hydrogens (tertiary/aromatic N) is 1. The number of rotatable bonds is 2. The first-order valence-electron chi connectivity index (χ1n) is 7.33. The maximum absolute atomic E-state index is 14.2. The van der Waals surface area contributed by atoms with Crippen molar-refractivity contribution in [2.75, 3.05) is 19.6 Å². The minimum Gasteiger partial charge on any atom is -0.316 e. The lowest BCUT2D eigenvalue weighted by molar-refractivity contribution is 0.0953. The van der Waals surface area contributed by atoms with Crippen molar-refractivity contribution < 1.29 is 4.39 Å². The van der Waals surface area contributed by atoms with Crippen LogP contribution in [0.15, 0.2) is 22.7 Å². The third-order valence-corrected chi connectivity index (χ3v) is 5.79. The smallest absolute Gasteiger partial charge is 0.129 e. The SMILES string of the molecule is CC(c1ccc(Br)cc1F)N1CC2CNCC2C1(C)C. The van der Waals surface area contributed by atoms with E-state index < -0.39 is 0 Å². The van der Waals surface area contributed by atoms with Gasteiger partial charge in [-0.2, -0.15) is 0 Å². The molecule has 2 aliphatic rings. The summed E-state index contributed by atoms with van der Waals surface area (Å²) in [7, 11) is 0. The second kappa shape index (κ2) is 5.08. The number of halogens is 2. The predicted octanol–water partition coefficient (Wildman–Crippen LogP) is 3.58. The number of likely N-dealkylation sites (tertiary alicyclic amines) is 1. The van der Waals surface area contributed by atoms with E-state index in [2.05, 4.69) is 46.9 Å². The Kier molecular flexibility index (Phi) is 3.68. The van der Waals surface area contributed by atoms with E-state index in [1.807, 2.05) is 12.1 Å². The summed E-state index contributed by atoms with van der Waals surface area (Å²) in [5.41, 5.74) is 0.918. The Hall–Kier alpha value is -0.450. The second-order valence-electron chi connectivity index (χ2n) is 6.67. The molecule has 0 saturated carbocycles. The van der Waals surface area contributed by atoms with Crippen molar-refractivity contribution in [2.45, 2.75) is 32.4 Å². The van der Waals surface area contributed by atoms with Crippen molar-refractivity contribution >= 4 is 15.9 Å². The molecule has 0 aliphatic carbocycles. The fourth-order valence-corrected chi connectivity index (χ4v) is 4.45. The monoisotopic (exact) mass is 340 g/mol. The second-order valence-corrected chi connectivity index (χ2v) is 7.59.